The van der Waals surface area contributed by atoms with Crippen LogP contribution in [0.25, 0.3) is 0 Å². The van der Waals surface area contributed by atoms with E-state index >= 15 is 0 Å². The molecule has 7 nitrogen and oxygen atoms in total. The Balaban J connectivity index is 3.27. The fourth-order valence-corrected chi connectivity index (χ4v) is 0.961. The van der Waals surface area contributed by atoms with E-state index in [1.807, 2.05) is 0 Å². The molecule has 0 unspecified atom stereocenters. The monoisotopic (exact) mass is 197 g/mol. The molecule has 0 bridgehead atoms. The van der Waals surface area contributed by atoms with E-state index in [0.717, 1.165) is 0 Å². The number of nitrogens with zero attached hydrogens (tertiary/aromatic N) is 2. The Bertz CT molecular complexity index is 350. The molecule has 2 N–H and O–H groups in total. The first kappa shape index (κ1) is 10.1. The third kappa shape index (κ3) is 1.40. The highest BCUT2D eigenvalue weighted by Gasteiger charge is 2.54. The zero-order chi connectivity index (χ0) is 10.8. The van der Waals surface area contributed by atoms with Gasteiger partial charge in [0.05, 0.1) is 0 Å². The summed E-state index contributed by atoms with van der Waals surface area (Å²) in [6, 6.07) is 6.97. The Labute approximate surface area is 78.4 Å². The van der Waals surface area contributed by atoms with Gasteiger partial charge in [-0.3, -0.25) is 20.2 Å². The van der Waals surface area contributed by atoms with E-state index in [2.05, 4.69) is 0 Å². The van der Waals surface area contributed by atoms with E-state index in [-0.39, 0.29) is 5.56 Å². The first-order valence-electron chi connectivity index (χ1n) is 3.63. The summed E-state index contributed by atoms with van der Waals surface area (Å²) in [6.07, 6.45) is 0. The average Bonchev–Trinajstić information content (AvgIpc) is 2.17. The van der Waals surface area contributed by atoms with Crippen molar-refractivity contribution in [3.63, 3.8) is 0 Å². The minimum absolute atomic E-state index is 0.157. The van der Waals surface area contributed by atoms with Crippen molar-refractivity contribution in [2.75, 3.05) is 0 Å². The van der Waals surface area contributed by atoms with Gasteiger partial charge in [0, 0.05) is 0 Å². The highest BCUT2D eigenvalue weighted by molar-refractivity contribution is 5.18. The maximum absolute atomic E-state index is 10.5. The quantitative estimate of drug-likeness (QED) is 0.425. The largest absolute Gasteiger partial charge is 0.545 e. The van der Waals surface area contributed by atoms with Gasteiger partial charge in [-0.15, -0.1) is 0 Å². The first-order chi connectivity index (χ1) is 6.49. The number of hydrogen-bond acceptors (Lipinski definition) is 5. The van der Waals surface area contributed by atoms with Crippen LogP contribution in [0, 0.1) is 20.2 Å². The maximum atomic E-state index is 10.5. The molecule has 1 aromatic rings. The Hall–Kier alpha value is -2.02. The Morgan fingerprint density at radius 3 is 1.86 bits per heavy atom. The highest BCUT2D eigenvalue weighted by atomic mass is 16.7. The standard InChI is InChI=1S/C7H7N3O4/c8-7(9(11)12,10(13)14)6-4-2-1-3-5-6/h1-5H,8H2. The molecule has 0 aliphatic carbocycles. The van der Waals surface area contributed by atoms with Crippen LogP contribution in [0.4, 0.5) is 0 Å². The van der Waals surface area contributed by atoms with Gasteiger partial charge in [-0.1, -0.05) is 18.2 Å². The molecule has 7 heteroatoms. The van der Waals surface area contributed by atoms with Gasteiger partial charge in [0.15, 0.2) is 0 Å². The summed E-state index contributed by atoms with van der Waals surface area (Å²) >= 11 is 0. The van der Waals surface area contributed by atoms with Crippen molar-refractivity contribution in [3.8, 4) is 0 Å². The van der Waals surface area contributed by atoms with Gasteiger partial charge in [0.2, 0.25) is 0 Å². The van der Waals surface area contributed by atoms with Crippen molar-refractivity contribution in [2.45, 2.75) is 5.79 Å². The second-order valence-electron chi connectivity index (χ2n) is 2.61. The van der Waals surface area contributed by atoms with Crippen molar-refractivity contribution in [2.24, 2.45) is 5.73 Å². The third-order valence-corrected chi connectivity index (χ3v) is 1.76. The second-order valence-corrected chi connectivity index (χ2v) is 2.61. The summed E-state index contributed by atoms with van der Waals surface area (Å²) in [5, 5.41) is 21.0. The van der Waals surface area contributed by atoms with Crippen molar-refractivity contribution in [3.05, 3.63) is 56.1 Å². The van der Waals surface area contributed by atoms with Crippen molar-refractivity contribution in [1.82, 2.24) is 0 Å². The first-order valence-corrected chi connectivity index (χ1v) is 3.63. The van der Waals surface area contributed by atoms with Crippen LogP contribution in [0.15, 0.2) is 30.3 Å². The van der Waals surface area contributed by atoms with Gasteiger partial charge in [-0.2, -0.15) is 5.73 Å². The van der Waals surface area contributed by atoms with Crippen LogP contribution < -0.4 is 5.73 Å². The van der Waals surface area contributed by atoms with E-state index in [0.29, 0.717) is 0 Å². The summed E-state index contributed by atoms with van der Waals surface area (Å²) in [6.45, 7) is 0. The zero-order valence-corrected chi connectivity index (χ0v) is 6.99. The molecule has 0 fully saturated rings. The van der Waals surface area contributed by atoms with Crippen molar-refractivity contribution in [1.29, 1.82) is 0 Å². The molecule has 0 aliphatic rings. The van der Waals surface area contributed by atoms with Crippen molar-refractivity contribution < 1.29 is 9.85 Å². The third-order valence-electron chi connectivity index (χ3n) is 1.76. The number of nitrogens with two attached hydrogens (primary N) is 1. The summed E-state index contributed by atoms with van der Waals surface area (Å²) in [5.74, 6) is -2.76. The summed E-state index contributed by atoms with van der Waals surface area (Å²) < 4.78 is 0. The minimum atomic E-state index is -2.76. The number of hydrogen-bond donors (Lipinski definition) is 1. The maximum Gasteiger partial charge on any atom is 0.545 e. The van der Waals surface area contributed by atoms with E-state index in [9.17, 15) is 20.2 Å². The normalized spacial score (nSPS) is 10.9. The highest BCUT2D eigenvalue weighted by Crippen LogP contribution is 2.18. The topological polar surface area (TPSA) is 112 Å². The number of benzene rings is 1. The van der Waals surface area contributed by atoms with E-state index in [1.165, 1.54) is 24.3 Å². The fraction of sp³-hybridized carbons (Fsp3) is 0.143. The smallest absolute Gasteiger partial charge is 0.257 e. The minimum Gasteiger partial charge on any atom is -0.257 e. The lowest BCUT2D eigenvalue weighted by Gasteiger charge is -2.11. The molecule has 14 heavy (non-hydrogen) atoms. The van der Waals surface area contributed by atoms with Crippen LogP contribution in [0.2, 0.25) is 0 Å². The molecule has 0 saturated carbocycles. The average molecular weight is 197 g/mol. The van der Waals surface area contributed by atoms with Crippen LogP contribution in [0.1, 0.15) is 5.56 Å². The van der Waals surface area contributed by atoms with Gasteiger partial charge < -0.3 is 0 Å². The van der Waals surface area contributed by atoms with Gasteiger partial charge in [0.1, 0.15) is 15.4 Å². The van der Waals surface area contributed by atoms with E-state index < -0.39 is 15.6 Å². The number of rotatable bonds is 3. The molecule has 0 amide bonds. The molecule has 0 radical (unpaired) electrons. The molecule has 1 rings (SSSR count). The molecule has 0 saturated heterocycles. The Morgan fingerprint density at radius 1 is 1.07 bits per heavy atom. The van der Waals surface area contributed by atoms with Gasteiger partial charge in [-0.05, 0) is 12.1 Å². The lowest BCUT2D eigenvalue weighted by Crippen LogP contribution is -2.51. The molecule has 74 valence electrons. The summed E-state index contributed by atoms with van der Waals surface area (Å²) in [4.78, 5) is 18.8. The molecule has 1 aromatic carbocycles. The second kappa shape index (κ2) is 3.38. The van der Waals surface area contributed by atoms with Crippen LogP contribution in [0.3, 0.4) is 0 Å². The van der Waals surface area contributed by atoms with Gasteiger partial charge >= 0.3 is 5.79 Å². The molecule has 0 atom stereocenters. The Kier molecular flexibility index (Phi) is 2.43. The van der Waals surface area contributed by atoms with Crippen molar-refractivity contribution >= 4 is 0 Å². The zero-order valence-electron chi connectivity index (χ0n) is 6.99. The van der Waals surface area contributed by atoms with E-state index in [1.54, 1.807) is 6.07 Å². The van der Waals surface area contributed by atoms with E-state index in [4.69, 9.17) is 5.73 Å². The SMILES string of the molecule is NC(c1ccccc1)([N+](=O)[O-])[N+](=O)[O-]. The summed E-state index contributed by atoms with van der Waals surface area (Å²) in [7, 11) is 0. The molecule has 0 spiro atoms. The molecular weight excluding hydrogens is 190 g/mol. The van der Waals surface area contributed by atoms with Crippen LogP contribution in [-0.2, 0) is 5.79 Å². The Morgan fingerprint density at radius 2 is 1.50 bits per heavy atom. The molecular formula is C7H7N3O4. The lowest BCUT2D eigenvalue weighted by atomic mass is 10.1. The predicted molar refractivity (Wildman–Crippen MR) is 46.3 cm³/mol. The van der Waals surface area contributed by atoms with Crippen LogP contribution in [0.5, 0.6) is 0 Å². The van der Waals surface area contributed by atoms with Gasteiger partial charge in [-0.25, -0.2) is 0 Å². The summed E-state index contributed by atoms with van der Waals surface area (Å²) in [5.41, 5.74) is 4.95. The fourth-order valence-electron chi connectivity index (χ4n) is 0.961. The lowest BCUT2D eigenvalue weighted by molar-refractivity contribution is -0.809. The molecule has 0 heterocycles. The predicted octanol–water partition coefficient (Wildman–Crippen LogP) is 0.309. The van der Waals surface area contributed by atoms with Crippen LogP contribution in [-0.4, -0.2) is 9.85 Å². The number of nitro groups is 2. The molecule has 0 aliphatic heterocycles. The molecule has 0 aromatic heterocycles. The van der Waals surface area contributed by atoms with Crippen LogP contribution >= 0.6 is 0 Å². The van der Waals surface area contributed by atoms with Gasteiger partial charge in [0.25, 0.3) is 0 Å².